The van der Waals surface area contributed by atoms with Crippen LogP contribution in [0.2, 0.25) is 0 Å². The second kappa shape index (κ2) is 6.71. The number of unbranched alkanes of at least 4 members (excludes halogenated alkanes) is 1. The highest BCUT2D eigenvalue weighted by atomic mass is 16.6. The summed E-state index contributed by atoms with van der Waals surface area (Å²) in [6.45, 7) is 10.4. The molecule has 0 aromatic heterocycles. The number of esters is 2. The molecule has 3 fully saturated rings. The van der Waals surface area contributed by atoms with Gasteiger partial charge in [-0.2, -0.15) is 0 Å². The molecule has 0 radical (unpaired) electrons. The van der Waals surface area contributed by atoms with Gasteiger partial charge in [0.05, 0.1) is 0 Å². The van der Waals surface area contributed by atoms with Crippen molar-refractivity contribution in [2.75, 3.05) is 0 Å². The lowest BCUT2D eigenvalue weighted by Crippen LogP contribution is -2.47. The van der Waals surface area contributed by atoms with Crippen molar-refractivity contribution in [2.24, 2.45) is 17.3 Å². The van der Waals surface area contributed by atoms with Gasteiger partial charge in [0.25, 0.3) is 0 Å². The quantitative estimate of drug-likeness (QED) is 0.258. The van der Waals surface area contributed by atoms with Crippen LogP contribution >= 0.6 is 0 Å². The molecule has 1 saturated heterocycles. The molecular formula is C21H26O4. The third kappa shape index (κ3) is 3.25. The summed E-state index contributed by atoms with van der Waals surface area (Å²) in [5.74, 6) is 2.35. The Kier molecular flexibility index (Phi) is 4.77. The number of carbonyl (C=O) groups excluding carboxylic acids is 2. The third-order valence-corrected chi connectivity index (χ3v) is 6.23. The van der Waals surface area contributed by atoms with Crippen LogP contribution in [-0.4, -0.2) is 24.1 Å². The van der Waals surface area contributed by atoms with Gasteiger partial charge in [-0.3, -0.25) is 4.79 Å². The smallest absolute Gasteiger partial charge is 0.334 e. The van der Waals surface area contributed by atoms with E-state index in [0.29, 0.717) is 24.8 Å². The Morgan fingerprint density at radius 3 is 2.96 bits per heavy atom. The van der Waals surface area contributed by atoms with Gasteiger partial charge in [0.15, 0.2) is 0 Å². The van der Waals surface area contributed by atoms with E-state index in [0.717, 1.165) is 31.3 Å². The zero-order chi connectivity index (χ0) is 18.2. The minimum absolute atomic E-state index is 0.0372. The lowest BCUT2D eigenvalue weighted by molar-refractivity contribution is -0.152. The normalized spacial score (nSPS) is 36.9. The van der Waals surface area contributed by atoms with Crippen molar-refractivity contribution in [3.05, 3.63) is 24.3 Å². The van der Waals surface area contributed by atoms with E-state index >= 15 is 0 Å². The average molecular weight is 342 g/mol. The van der Waals surface area contributed by atoms with Crippen molar-refractivity contribution in [1.29, 1.82) is 0 Å². The van der Waals surface area contributed by atoms with Crippen molar-refractivity contribution >= 4 is 11.9 Å². The van der Waals surface area contributed by atoms with Gasteiger partial charge in [-0.15, -0.1) is 12.3 Å². The predicted octanol–water partition coefficient (Wildman–Crippen LogP) is 3.57. The van der Waals surface area contributed by atoms with Gasteiger partial charge in [0, 0.05) is 24.3 Å². The summed E-state index contributed by atoms with van der Waals surface area (Å²) >= 11 is 0. The number of carbonyl (C=O) groups is 2. The van der Waals surface area contributed by atoms with Gasteiger partial charge < -0.3 is 9.47 Å². The SMILES string of the molecule is C#CCCCC(=O)O[C@@H]1CC[C@]2(C)C[C@H]3OC(=O)C(=C)[C@H]3C[C@H]2C1=C. The molecule has 4 heteroatoms. The Labute approximate surface area is 149 Å². The van der Waals surface area contributed by atoms with Crippen molar-refractivity contribution < 1.29 is 19.1 Å². The zero-order valence-electron chi connectivity index (χ0n) is 14.9. The monoisotopic (exact) mass is 342 g/mol. The molecule has 0 spiro atoms. The summed E-state index contributed by atoms with van der Waals surface area (Å²) in [6, 6.07) is 0. The van der Waals surface area contributed by atoms with Gasteiger partial charge in [0.1, 0.15) is 12.2 Å². The summed E-state index contributed by atoms with van der Waals surface area (Å²) in [5.41, 5.74) is 1.59. The molecule has 1 heterocycles. The minimum Gasteiger partial charge on any atom is -0.458 e. The van der Waals surface area contributed by atoms with Gasteiger partial charge in [-0.1, -0.05) is 20.1 Å². The summed E-state index contributed by atoms with van der Waals surface area (Å²) in [5, 5.41) is 0. The average Bonchev–Trinajstić information content (AvgIpc) is 2.83. The first-order chi connectivity index (χ1) is 11.9. The molecular weight excluding hydrogens is 316 g/mol. The zero-order valence-corrected chi connectivity index (χ0v) is 14.9. The van der Waals surface area contributed by atoms with Crippen LogP contribution in [0.3, 0.4) is 0 Å². The van der Waals surface area contributed by atoms with E-state index in [-0.39, 0.29) is 41.4 Å². The van der Waals surface area contributed by atoms with Crippen LogP contribution in [0.5, 0.6) is 0 Å². The third-order valence-electron chi connectivity index (χ3n) is 6.23. The van der Waals surface area contributed by atoms with Crippen LogP contribution in [0, 0.1) is 29.6 Å². The van der Waals surface area contributed by atoms with Crippen LogP contribution in [0.1, 0.15) is 51.9 Å². The molecule has 3 rings (SSSR count). The number of terminal acetylenes is 1. The largest absolute Gasteiger partial charge is 0.458 e. The van der Waals surface area contributed by atoms with Crippen LogP contribution < -0.4 is 0 Å². The minimum atomic E-state index is -0.264. The molecule has 134 valence electrons. The fourth-order valence-electron chi connectivity index (χ4n) is 4.72. The van der Waals surface area contributed by atoms with Crippen LogP contribution in [0.15, 0.2) is 24.3 Å². The summed E-state index contributed by atoms with van der Waals surface area (Å²) < 4.78 is 11.2. The van der Waals surface area contributed by atoms with E-state index < -0.39 is 0 Å². The Balaban J connectivity index is 1.67. The molecule has 0 bridgehead atoms. The van der Waals surface area contributed by atoms with E-state index in [4.69, 9.17) is 15.9 Å². The second-order valence-electron chi connectivity index (χ2n) is 7.87. The maximum absolute atomic E-state index is 12.0. The van der Waals surface area contributed by atoms with Crippen molar-refractivity contribution in [2.45, 2.75) is 64.1 Å². The van der Waals surface area contributed by atoms with E-state index in [2.05, 4.69) is 26.0 Å². The highest BCUT2D eigenvalue weighted by Crippen LogP contribution is 2.57. The van der Waals surface area contributed by atoms with E-state index in [1.165, 1.54) is 0 Å². The molecule has 0 amide bonds. The maximum Gasteiger partial charge on any atom is 0.334 e. The molecule has 4 nitrogen and oxygen atoms in total. The number of fused-ring (bicyclic) bond motifs is 2. The summed E-state index contributed by atoms with van der Waals surface area (Å²) in [6.07, 6.45) is 9.85. The Morgan fingerprint density at radius 1 is 1.48 bits per heavy atom. The number of ether oxygens (including phenoxy) is 2. The first-order valence-corrected chi connectivity index (χ1v) is 9.07. The van der Waals surface area contributed by atoms with E-state index in [9.17, 15) is 9.59 Å². The van der Waals surface area contributed by atoms with E-state index in [1.807, 2.05) is 0 Å². The van der Waals surface area contributed by atoms with Gasteiger partial charge in [-0.05, 0) is 49.0 Å². The van der Waals surface area contributed by atoms with Gasteiger partial charge >= 0.3 is 11.9 Å². The van der Waals surface area contributed by atoms with Gasteiger partial charge in [-0.25, -0.2) is 4.79 Å². The fourth-order valence-corrected chi connectivity index (χ4v) is 4.72. The number of rotatable bonds is 4. The van der Waals surface area contributed by atoms with Crippen molar-refractivity contribution in [3.8, 4) is 12.3 Å². The highest BCUT2D eigenvalue weighted by Gasteiger charge is 2.54. The van der Waals surface area contributed by atoms with E-state index in [1.54, 1.807) is 0 Å². The molecule has 2 saturated carbocycles. The van der Waals surface area contributed by atoms with Crippen molar-refractivity contribution in [1.82, 2.24) is 0 Å². The predicted molar refractivity (Wildman–Crippen MR) is 94.3 cm³/mol. The highest BCUT2D eigenvalue weighted by molar-refractivity contribution is 5.90. The molecule has 0 unspecified atom stereocenters. The first kappa shape index (κ1) is 17.8. The van der Waals surface area contributed by atoms with Crippen LogP contribution in [-0.2, 0) is 19.1 Å². The lowest BCUT2D eigenvalue weighted by atomic mass is 9.55. The molecule has 25 heavy (non-hydrogen) atoms. The van der Waals surface area contributed by atoms with Crippen LogP contribution in [0.4, 0.5) is 0 Å². The maximum atomic E-state index is 12.0. The molecule has 2 aliphatic carbocycles. The fraction of sp³-hybridized carbons (Fsp3) is 0.619. The number of hydrogen-bond acceptors (Lipinski definition) is 4. The molecule has 0 aromatic rings. The first-order valence-electron chi connectivity index (χ1n) is 9.07. The summed E-state index contributed by atoms with van der Waals surface area (Å²) in [7, 11) is 0. The second-order valence-corrected chi connectivity index (χ2v) is 7.87. The molecule has 3 aliphatic rings. The molecule has 1 aliphatic heterocycles. The topological polar surface area (TPSA) is 52.6 Å². The molecule has 0 aromatic carbocycles. The van der Waals surface area contributed by atoms with Crippen LogP contribution in [0.25, 0.3) is 0 Å². The number of hydrogen-bond donors (Lipinski definition) is 0. The Morgan fingerprint density at radius 2 is 2.24 bits per heavy atom. The molecule has 0 N–H and O–H groups in total. The standard InChI is InChI=1S/C21H26O4/c1-5-6-7-8-19(22)24-17-9-10-21(4)12-18-15(11-16(21)14(17)3)13(2)20(23)25-18/h1,15-18H,2-3,6-12H2,4H3/t15-,16+,17-,18-,21-/m1/s1. The summed E-state index contributed by atoms with van der Waals surface area (Å²) in [4.78, 5) is 23.9. The Hall–Kier alpha value is -2.02. The van der Waals surface area contributed by atoms with Gasteiger partial charge in [0.2, 0.25) is 0 Å². The van der Waals surface area contributed by atoms with Crippen molar-refractivity contribution in [3.63, 3.8) is 0 Å². The molecule has 5 atom stereocenters. The lowest BCUT2D eigenvalue weighted by Gasteiger charge is -2.51. The Bertz CT molecular complexity index is 655.